The van der Waals surface area contributed by atoms with Gasteiger partial charge in [0, 0.05) is 5.41 Å². The van der Waals surface area contributed by atoms with Gasteiger partial charge in [-0.2, -0.15) is 0 Å². The molecule has 0 nitrogen and oxygen atoms in total. The Balaban J connectivity index is 4.19. The van der Waals surface area contributed by atoms with Crippen molar-refractivity contribution >= 4 is 8.07 Å². The van der Waals surface area contributed by atoms with E-state index in [0.717, 1.165) is 0 Å². The van der Waals surface area contributed by atoms with Gasteiger partial charge in [-0.3, -0.25) is 0 Å². The standard InChI is InChI=1S/C9H18Si/c1-9(2,3)7-8-10(4,5)6/h1-6H3. The summed E-state index contributed by atoms with van der Waals surface area (Å²) in [6, 6.07) is 0. The summed E-state index contributed by atoms with van der Waals surface area (Å²) in [5, 5.41) is 0. The van der Waals surface area contributed by atoms with Gasteiger partial charge in [0.25, 0.3) is 0 Å². The maximum Gasteiger partial charge on any atom is 0.129 e. The van der Waals surface area contributed by atoms with Crippen LogP contribution in [0.2, 0.25) is 19.6 Å². The number of hydrogen-bond acceptors (Lipinski definition) is 0. The van der Waals surface area contributed by atoms with Crippen LogP contribution in [0.4, 0.5) is 0 Å². The van der Waals surface area contributed by atoms with Crippen molar-refractivity contribution < 1.29 is 0 Å². The molecule has 0 saturated heterocycles. The Morgan fingerprint density at radius 3 is 1.50 bits per heavy atom. The second kappa shape index (κ2) is 2.80. The third-order valence-corrected chi connectivity index (χ3v) is 1.69. The zero-order valence-corrected chi connectivity index (χ0v) is 9.00. The van der Waals surface area contributed by atoms with Gasteiger partial charge < -0.3 is 0 Å². The lowest BCUT2D eigenvalue weighted by atomic mass is 9.99. The molecule has 0 aromatic heterocycles. The maximum absolute atomic E-state index is 3.35. The van der Waals surface area contributed by atoms with Crippen LogP contribution in [0.3, 0.4) is 0 Å². The highest BCUT2D eigenvalue weighted by Gasteiger charge is 2.10. The van der Waals surface area contributed by atoms with Gasteiger partial charge in [0.1, 0.15) is 8.07 Å². The summed E-state index contributed by atoms with van der Waals surface area (Å²) in [5.74, 6) is 3.27. The van der Waals surface area contributed by atoms with E-state index in [4.69, 9.17) is 0 Å². The van der Waals surface area contributed by atoms with E-state index in [1.54, 1.807) is 0 Å². The lowest BCUT2D eigenvalue weighted by Gasteiger charge is -2.10. The van der Waals surface area contributed by atoms with Crippen LogP contribution in [-0.4, -0.2) is 8.07 Å². The highest BCUT2D eigenvalue weighted by Crippen LogP contribution is 2.11. The summed E-state index contributed by atoms with van der Waals surface area (Å²) in [7, 11) is -1.13. The van der Waals surface area contributed by atoms with Crippen LogP contribution in [-0.2, 0) is 0 Å². The summed E-state index contributed by atoms with van der Waals surface area (Å²) < 4.78 is 0. The molecule has 10 heavy (non-hydrogen) atoms. The van der Waals surface area contributed by atoms with E-state index in [2.05, 4.69) is 51.9 Å². The van der Waals surface area contributed by atoms with Gasteiger partial charge in [0.05, 0.1) is 0 Å². The van der Waals surface area contributed by atoms with E-state index in [9.17, 15) is 0 Å². The van der Waals surface area contributed by atoms with Crippen LogP contribution < -0.4 is 0 Å². The molecule has 0 aliphatic carbocycles. The molecule has 58 valence electrons. The highest BCUT2D eigenvalue weighted by molar-refractivity contribution is 6.83. The molecule has 0 aromatic carbocycles. The van der Waals surface area contributed by atoms with Crippen molar-refractivity contribution in [1.82, 2.24) is 0 Å². The van der Waals surface area contributed by atoms with Gasteiger partial charge >= 0.3 is 0 Å². The largest absolute Gasteiger partial charge is 0.131 e. The topological polar surface area (TPSA) is 0 Å². The van der Waals surface area contributed by atoms with Crippen LogP contribution in [0.1, 0.15) is 20.8 Å². The molecule has 0 bridgehead atoms. The minimum Gasteiger partial charge on any atom is -0.131 e. The summed E-state index contributed by atoms with van der Waals surface area (Å²) in [5.41, 5.74) is 3.53. The molecule has 0 fully saturated rings. The van der Waals surface area contributed by atoms with Crippen LogP contribution in [0.15, 0.2) is 0 Å². The van der Waals surface area contributed by atoms with Crippen molar-refractivity contribution in [2.45, 2.75) is 40.4 Å². The Morgan fingerprint density at radius 2 is 1.40 bits per heavy atom. The monoisotopic (exact) mass is 154 g/mol. The SMILES string of the molecule is CC(C)(C)C#C[Si](C)(C)C. The molecule has 0 amide bonds. The molecule has 0 radical (unpaired) electrons. The fraction of sp³-hybridized carbons (Fsp3) is 0.778. The Labute approximate surface area is 66.0 Å². The van der Waals surface area contributed by atoms with Crippen molar-refractivity contribution in [2.75, 3.05) is 0 Å². The van der Waals surface area contributed by atoms with Crippen LogP contribution in [0.25, 0.3) is 0 Å². The maximum atomic E-state index is 3.35. The van der Waals surface area contributed by atoms with Gasteiger partial charge in [-0.05, 0) is 20.8 Å². The van der Waals surface area contributed by atoms with E-state index >= 15 is 0 Å². The first-order valence-corrected chi connectivity index (χ1v) is 7.25. The normalized spacial score (nSPS) is 12.2. The van der Waals surface area contributed by atoms with Crippen molar-refractivity contribution in [3.63, 3.8) is 0 Å². The van der Waals surface area contributed by atoms with E-state index in [0.29, 0.717) is 0 Å². The van der Waals surface area contributed by atoms with Gasteiger partial charge in [-0.1, -0.05) is 19.6 Å². The zero-order valence-electron chi connectivity index (χ0n) is 8.00. The van der Waals surface area contributed by atoms with Crippen molar-refractivity contribution in [2.24, 2.45) is 5.41 Å². The fourth-order valence-corrected chi connectivity index (χ4v) is 1.12. The number of hydrogen-bond donors (Lipinski definition) is 0. The Morgan fingerprint density at radius 1 is 1.00 bits per heavy atom. The van der Waals surface area contributed by atoms with E-state index in [-0.39, 0.29) is 5.41 Å². The molecular weight excluding hydrogens is 136 g/mol. The molecule has 0 heterocycles. The Bertz CT molecular complexity index is 138. The number of rotatable bonds is 0. The predicted molar refractivity (Wildman–Crippen MR) is 50.6 cm³/mol. The second-order valence-corrected chi connectivity index (χ2v) is 9.50. The van der Waals surface area contributed by atoms with Gasteiger partial charge in [-0.25, -0.2) is 0 Å². The van der Waals surface area contributed by atoms with Crippen LogP contribution in [0, 0.1) is 16.9 Å². The summed E-state index contributed by atoms with van der Waals surface area (Å²) in [6.07, 6.45) is 0. The molecule has 1 heteroatoms. The first-order chi connectivity index (χ1) is 4.21. The lowest BCUT2D eigenvalue weighted by Crippen LogP contribution is -2.17. The average molecular weight is 154 g/mol. The first kappa shape index (κ1) is 9.78. The molecule has 0 unspecified atom stereocenters. The molecule has 0 saturated carbocycles. The summed E-state index contributed by atoms with van der Waals surface area (Å²) >= 11 is 0. The second-order valence-electron chi connectivity index (χ2n) is 4.75. The first-order valence-electron chi connectivity index (χ1n) is 3.75. The van der Waals surface area contributed by atoms with Gasteiger partial charge in [-0.15, -0.1) is 11.5 Å². The molecule has 0 atom stereocenters. The molecule has 0 rings (SSSR count). The van der Waals surface area contributed by atoms with E-state index < -0.39 is 8.07 Å². The van der Waals surface area contributed by atoms with Crippen LogP contribution >= 0.6 is 0 Å². The minimum atomic E-state index is -1.13. The van der Waals surface area contributed by atoms with E-state index in [1.807, 2.05) is 0 Å². The van der Waals surface area contributed by atoms with Gasteiger partial charge in [0.15, 0.2) is 0 Å². The van der Waals surface area contributed by atoms with E-state index in [1.165, 1.54) is 0 Å². The molecule has 0 N–H and O–H groups in total. The molecule has 0 spiro atoms. The van der Waals surface area contributed by atoms with Crippen molar-refractivity contribution in [1.29, 1.82) is 0 Å². The molecular formula is C9H18Si. The average Bonchev–Trinajstić information content (AvgIpc) is 1.57. The van der Waals surface area contributed by atoms with Crippen molar-refractivity contribution in [3.8, 4) is 11.5 Å². The smallest absolute Gasteiger partial charge is 0.129 e. The molecule has 0 aliphatic heterocycles. The zero-order chi connectivity index (χ0) is 8.41. The highest BCUT2D eigenvalue weighted by atomic mass is 28.3. The lowest BCUT2D eigenvalue weighted by molar-refractivity contribution is 0.571. The van der Waals surface area contributed by atoms with Crippen molar-refractivity contribution in [3.05, 3.63) is 0 Å². The predicted octanol–water partition coefficient (Wildman–Crippen LogP) is 2.91. The summed E-state index contributed by atoms with van der Waals surface area (Å²) in [6.45, 7) is 13.3. The minimum absolute atomic E-state index is 0.181. The molecule has 0 aliphatic rings. The third-order valence-electron chi connectivity index (χ3n) is 0.812. The molecule has 0 aromatic rings. The summed E-state index contributed by atoms with van der Waals surface area (Å²) in [4.78, 5) is 0. The van der Waals surface area contributed by atoms with Gasteiger partial charge in [0.2, 0.25) is 0 Å². The fourth-order valence-electron chi connectivity index (χ4n) is 0.375. The third kappa shape index (κ3) is 7.78. The van der Waals surface area contributed by atoms with Crippen LogP contribution in [0.5, 0.6) is 0 Å². The quantitative estimate of drug-likeness (QED) is 0.372. The Hall–Kier alpha value is -0.223. The Kier molecular flexibility index (Phi) is 2.73.